The van der Waals surface area contributed by atoms with Crippen molar-refractivity contribution in [1.82, 2.24) is 0 Å². The minimum atomic E-state index is -0.245. The van der Waals surface area contributed by atoms with Crippen molar-refractivity contribution in [3.8, 4) is 5.75 Å². The highest BCUT2D eigenvalue weighted by molar-refractivity contribution is 5.87. The molecule has 1 saturated carbocycles. The lowest BCUT2D eigenvalue weighted by molar-refractivity contribution is -0.144. The molecule has 1 aromatic carbocycles. The highest BCUT2D eigenvalue weighted by Gasteiger charge is 2.16. The van der Waals surface area contributed by atoms with Crippen LogP contribution in [0.15, 0.2) is 30.3 Å². The van der Waals surface area contributed by atoms with Gasteiger partial charge in [0.15, 0.2) is 0 Å². The SMILES string of the molecule is CCOc1ccc(C=CC(=O)OC2CCCCC2)cc1. The molecule has 1 aliphatic carbocycles. The average Bonchev–Trinajstić information content (AvgIpc) is 2.48. The molecule has 0 amide bonds. The van der Waals surface area contributed by atoms with E-state index in [1.54, 1.807) is 6.08 Å². The van der Waals surface area contributed by atoms with Crippen LogP contribution >= 0.6 is 0 Å². The van der Waals surface area contributed by atoms with E-state index in [1.165, 1.54) is 25.3 Å². The normalized spacial score (nSPS) is 16.2. The van der Waals surface area contributed by atoms with Crippen molar-refractivity contribution >= 4 is 12.0 Å². The molecule has 1 aromatic rings. The van der Waals surface area contributed by atoms with Gasteiger partial charge in [-0.15, -0.1) is 0 Å². The van der Waals surface area contributed by atoms with Gasteiger partial charge in [-0.05, 0) is 56.4 Å². The fraction of sp³-hybridized carbons (Fsp3) is 0.471. The number of rotatable bonds is 5. The number of hydrogen-bond acceptors (Lipinski definition) is 3. The van der Waals surface area contributed by atoms with Gasteiger partial charge in [-0.2, -0.15) is 0 Å². The maximum atomic E-state index is 11.7. The molecule has 3 heteroatoms. The topological polar surface area (TPSA) is 35.5 Å². The van der Waals surface area contributed by atoms with E-state index in [9.17, 15) is 4.79 Å². The van der Waals surface area contributed by atoms with Crippen LogP contribution in [0.5, 0.6) is 5.75 Å². The number of carbonyl (C=O) groups is 1. The smallest absolute Gasteiger partial charge is 0.331 e. The number of ether oxygens (including phenoxy) is 2. The van der Waals surface area contributed by atoms with Gasteiger partial charge in [-0.1, -0.05) is 18.6 Å². The monoisotopic (exact) mass is 274 g/mol. The molecule has 0 heterocycles. The Balaban J connectivity index is 1.83. The Hall–Kier alpha value is -1.77. The third-order valence-corrected chi connectivity index (χ3v) is 3.44. The van der Waals surface area contributed by atoms with Gasteiger partial charge < -0.3 is 9.47 Å². The van der Waals surface area contributed by atoms with Crippen molar-refractivity contribution in [3.63, 3.8) is 0 Å². The van der Waals surface area contributed by atoms with Crippen LogP contribution in [-0.4, -0.2) is 18.7 Å². The molecule has 0 aliphatic heterocycles. The first-order valence-electron chi connectivity index (χ1n) is 7.39. The molecule has 1 aliphatic rings. The van der Waals surface area contributed by atoms with E-state index in [2.05, 4.69) is 0 Å². The lowest BCUT2D eigenvalue weighted by atomic mass is 9.98. The lowest BCUT2D eigenvalue weighted by Crippen LogP contribution is -2.19. The quantitative estimate of drug-likeness (QED) is 0.602. The Kier molecular flexibility index (Phi) is 5.66. The predicted molar refractivity (Wildman–Crippen MR) is 79.6 cm³/mol. The van der Waals surface area contributed by atoms with E-state index in [1.807, 2.05) is 31.2 Å². The molecule has 20 heavy (non-hydrogen) atoms. The third-order valence-electron chi connectivity index (χ3n) is 3.44. The summed E-state index contributed by atoms with van der Waals surface area (Å²) in [6.07, 6.45) is 8.99. The molecular formula is C17H22O3. The molecule has 0 bridgehead atoms. The molecule has 0 saturated heterocycles. The summed E-state index contributed by atoms with van der Waals surface area (Å²) < 4.78 is 10.8. The van der Waals surface area contributed by atoms with E-state index in [0.29, 0.717) is 6.61 Å². The van der Waals surface area contributed by atoms with Crippen LogP contribution in [-0.2, 0) is 9.53 Å². The molecule has 0 spiro atoms. The second kappa shape index (κ2) is 7.73. The molecule has 3 nitrogen and oxygen atoms in total. The number of hydrogen-bond donors (Lipinski definition) is 0. The second-order valence-corrected chi connectivity index (χ2v) is 5.03. The van der Waals surface area contributed by atoms with E-state index < -0.39 is 0 Å². The van der Waals surface area contributed by atoms with Crippen molar-refractivity contribution < 1.29 is 14.3 Å². The summed E-state index contributed by atoms with van der Waals surface area (Å²) in [6.45, 7) is 2.61. The second-order valence-electron chi connectivity index (χ2n) is 5.03. The van der Waals surface area contributed by atoms with Gasteiger partial charge in [0.1, 0.15) is 11.9 Å². The van der Waals surface area contributed by atoms with Gasteiger partial charge in [0.05, 0.1) is 6.61 Å². The summed E-state index contributed by atoms with van der Waals surface area (Å²) in [7, 11) is 0. The summed E-state index contributed by atoms with van der Waals surface area (Å²) in [5.74, 6) is 0.597. The van der Waals surface area contributed by atoms with Crippen molar-refractivity contribution in [2.75, 3.05) is 6.61 Å². The zero-order chi connectivity index (χ0) is 14.2. The summed E-state index contributed by atoms with van der Waals surface area (Å²) in [4.78, 5) is 11.7. The first-order chi connectivity index (χ1) is 9.78. The van der Waals surface area contributed by atoms with Crippen molar-refractivity contribution in [3.05, 3.63) is 35.9 Å². The maximum Gasteiger partial charge on any atom is 0.331 e. The zero-order valence-corrected chi connectivity index (χ0v) is 12.0. The standard InChI is InChI=1S/C17H22O3/c1-2-19-15-11-8-14(9-12-15)10-13-17(18)20-16-6-4-3-5-7-16/h8-13,16H,2-7H2,1H3. The minimum absolute atomic E-state index is 0.112. The first kappa shape index (κ1) is 14.6. The average molecular weight is 274 g/mol. The van der Waals surface area contributed by atoms with Crippen LogP contribution in [0.3, 0.4) is 0 Å². The maximum absolute atomic E-state index is 11.7. The largest absolute Gasteiger partial charge is 0.494 e. The number of benzene rings is 1. The van der Waals surface area contributed by atoms with Gasteiger partial charge in [-0.3, -0.25) is 0 Å². The van der Waals surface area contributed by atoms with Crippen LogP contribution in [0.25, 0.3) is 6.08 Å². The number of esters is 1. The first-order valence-corrected chi connectivity index (χ1v) is 7.39. The lowest BCUT2D eigenvalue weighted by Gasteiger charge is -2.20. The van der Waals surface area contributed by atoms with Gasteiger partial charge in [0.2, 0.25) is 0 Å². The highest BCUT2D eigenvalue weighted by atomic mass is 16.5. The Labute approximate surface area is 120 Å². The molecular weight excluding hydrogens is 252 g/mol. The van der Waals surface area contributed by atoms with Crippen LogP contribution in [0.1, 0.15) is 44.6 Å². The Morgan fingerprint density at radius 2 is 1.90 bits per heavy atom. The molecule has 0 radical (unpaired) electrons. The van der Waals surface area contributed by atoms with E-state index >= 15 is 0 Å². The summed E-state index contributed by atoms with van der Waals surface area (Å²) in [5.41, 5.74) is 0.967. The van der Waals surface area contributed by atoms with Crippen molar-refractivity contribution in [1.29, 1.82) is 0 Å². The minimum Gasteiger partial charge on any atom is -0.494 e. The Morgan fingerprint density at radius 1 is 1.20 bits per heavy atom. The van der Waals surface area contributed by atoms with Gasteiger partial charge >= 0.3 is 5.97 Å². The van der Waals surface area contributed by atoms with Crippen LogP contribution in [0, 0.1) is 0 Å². The highest BCUT2D eigenvalue weighted by Crippen LogP contribution is 2.20. The Morgan fingerprint density at radius 3 is 2.55 bits per heavy atom. The van der Waals surface area contributed by atoms with Gasteiger partial charge in [0, 0.05) is 6.08 Å². The molecule has 0 aromatic heterocycles. The predicted octanol–water partition coefficient (Wildman–Crippen LogP) is 3.97. The summed E-state index contributed by atoms with van der Waals surface area (Å²) in [6, 6.07) is 7.65. The fourth-order valence-corrected chi connectivity index (χ4v) is 2.39. The van der Waals surface area contributed by atoms with Crippen LogP contribution in [0.2, 0.25) is 0 Å². The van der Waals surface area contributed by atoms with E-state index in [0.717, 1.165) is 24.2 Å². The number of carbonyl (C=O) groups excluding carboxylic acids is 1. The van der Waals surface area contributed by atoms with Crippen LogP contribution in [0.4, 0.5) is 0 Å². The van der Waals surface area contributed by atoms with Crippen molar-refractivity contribution in [2.24, 2.45) is 0 Å². The molecule has 0 N–H and O–H groups in total. The molecule has 1 fully saturated rings. The zero-order valence-electron chi connectivity index (χ0n) is 12.0. The third kappa shape index (κ3) is 4.72. The Bertz CT molecular complexity index is 442. The fourth-order valence-electron chi connectivity index (χ4n) is 2.39. The summed E-state index contributed by atoms with van der Waals surface area (Å²) >= 11 is 0. The molecule has 0 atom stereocenters. The molecule has 2 rings (SSSR count). The summed E-state index contributed by atoms with van der Waals surface area (Å²) in [5, 5.41) is 0. The van der Waals surface area contributed by atoms with E-state index in [4.69, 9.17) is 9.47 Å². The molecule has 0 unspecified atom stereocenters. The van der Waals surface area contributed by atoms with Gasteiger partial charge in [0.25, 0.3) is 0 Å². The van der Waals surface area contributed by atoms with Crippen molar-refractivity contribution in [2.45, 2.75) is 45.1 Å². The van der Waals surface area contributed by atoms with Gasteiger partial charge in [-0.25, -0.2) is 4.79 Å². The van der Waals surface area contributed by atoms with E-state index in [-0.39, 0.29) is 12.1 Å². The van der Waals surface area contributed by atoms with Crippen LogP contribution < -0.4 is 4.74 Å². The molecule has 108 valence electrons.